The normalized spacial score (nSPS) is 40.3. The minimum absolute atomic E-state index is 0.00785. The molecule has 2 saturated carbocycles. The molecule has 2 fully saturated rings. The summed E-state index contributed by atoms with van der Waals surface area (Å²) in [6.45, 7) is 0. The van der Waals surface area contributed by atoms with Crippen LogP contribution in [0.15, 0.2) is 11.6 Å². The first-order valence-electron chi connectivity index (χ1n) is 5.18. The Morgan fingerprint density at radius 3 is 2.43 bits per heavy atom. The van der Waals surface area contributed by atoms with Crippen molar-refractivity contribution in [3.63, 3.8) is 0 Å². The van der Waals surface area contributed by atoms with Crippen LogP contribution in [0, 0.1) is 11.3 Å². The van der Waals surface area contributed by atoms with Gasteiger partial charge in [0.05, 0.1) is 5.57 Å². The second-order valence-corrected chi connectivity index (χ2v) is 4.69. The summed E-state index contributed by atoms with van der Waals surface area (Å²) in [6.07, 6.45) is 7.03. The third-order valence-electron chi connectivity index (χ3n) is 3.99. The van der Waals surface area contributed by atoms with Gasteiger partial charge in [0.15, 0.2) is 0 Å². The number of esters is 2. The number of carbonyl (C=O) groups is 2. The van der Waals surface area contributed by atoms with Crippen molar-refractivity contribution in [3.8, 4) is 0 Å². The first-order chi connectivity index (χ1) is 6.70. The summed E-state index contributed by atoms with van der Waals surface area (Å²) < 4.78 is 4.56. The molecule has 2 bridgehead atoms. The highest BCUT2D eigenvalue weighted by Gasteiger charge is 2.51. The molecule has 0 aromatic rings. The van der Waals surface area contributed by atoms with Crippen LogP contribution < -0.4 is 0 Å². The Bertz CT molecular complexity index is 346. The minimum atomic E-state index is -0.477. The Morgan fingerprint density at radius 2 is 2.00 bits per heavy atom. The van der Waals surface area contributed by atoms with Crippen molar-refractivity contribution in [2.45, 2.75) is 32.1 Å². The monoisotopic (exact) mass is 192 g/mol. The predicted molar refractivity (Wildman–Crippen MR) is 48.2 cm³/mol. The summed E-state index contributed by atoms with van der Waals surface area (Å²) in [4.78, 5) is 22.4. The van der Waals surface area contributed by atoms with Crippen LogP contribution in [0.1, 0.15) is 32.1 Å². The van der Waals surface area contributed by atoms with E-state index in [1.807, 2.05) is 0 Å². The van der Waals surface area contributed by atoms with Crippen molar-refractivity contribution < 1.29 is 14.3 Å². The van der Waals surface area contributed by atoms with E-state index in [1.165, 1.54) is 18.9 Å². The number of hydrogen-bond donors (Lipinski definition) is 0. The molecule has 0 atom stereocenters. The summed E-state index contributed by atoms with van der Waals surface area (Å²) in [5.41, 5.74) is 0.663. The maximum atomic E-state index is 11.4. The number of cyclic esters (lactones) is 2. The average molecular weight is 192 g/mol. The zero-order chi connectivity index (χ0) is 9.76. The van der Waals surface area contributed by atoms with Crippen LogP contribution in [-0.4, -0.2) is 11.9 Å². The number of rotatable bonds is 1. The van der Waals surface area contributed by atoms with Gasteiger partial charge in [-0.25, -0.2) is 9.59 Å². The SMILES string of the molecule is O=C1C=C(C23CCC(CC2)C3)C(=O)O1. The molecule has 1 heterocycles. The smallest absolute Gasteiger partial charge is 0.342 e. The van der Waals surface area contributed by atoms with E-state index in [4.69, 9.17) is 0 Å². The Labute approximate surface area is 82.1 Å². The molecular formula is C11H12O3. The Morgan fingerprint density at radius 1 is 1.29 bits per heavy atom. The molecule has 3 heteroatoms. The maximum Gasteiger partial charge on any atom is 0.342 e. The molecule has 3 aliphatic rings. The van der Waals surface area contributed by atoms with Crippen LogP contribution in [0.4, 0.5) is 0 Å². The summed E-state index contributed by atoms with van der Waals surface area (Å²) in [6, 6.07) is 0. The average Bonchev–Trinajstić information content (AvgIpc) is 2.79. The molecule has 0 aromatic heterocycles. The fourth-order valence-corrected chi connectivity index (χ4v) is 3.29. The summed E-state index contributed by atoms with van der Waals surface area (Å²) in [5.74, 6) is -0.0910. The second-order valence-electron chi connectivity index (χ2n) is 4.69. The number of carbonyl (C=O) groups excluding carboxylic acids is 2. The quantitative estimate of drug-likeness (QED) is 0.468. The van der Waals surface area contributed by atoms with Gasteiger partial charge in [-0.1, -0.05) is 0 Å². The lowest BCUT2D eigenvalue weighted by Gasteiger charge is -2.25. The topological polar surface area (TPSA) is 43.4 Å². The number of ether oxygens (including phenoxy) is 1. The lowest BCUT2D eigenvalue weighted by atomic mass is 9.77. The molecule has 14 heavy (non-hydrogen) atoms. The molecular weight excluding hydrogens is 180 g/mol. The first kappa shape index (κ1) is 8.21. The van der Waals surface area contributed by atoms with Crippen LogP contribution >= 0.6 is 0 Å². The standard InChI is InChI=1S/C11H12O3/c12-9-5-8(10(13)14-9)11-3-1-7(6-11)2-4-11/h5,7H,1-4,6H2. The second kappa shape index (κ2) is 2.47. The van der Waals surface area contributed by atoms with Gasteiger partial charge in [-0.15, -0.1) is 0 Å². The molecule has 0 aromatic carbocycles. The van der Waals surface area contributed by atoms with Crippen LogP contribution in [0.25, 0.3) is 0 Å². The zero-order valence-electron chi connectivity index (χ0n) is 7.91. The van der Waals surface area contributed by atoms with Gasteiger partial charge in [-0.3, -0.25) is 0 Å². The zero-order valence-corrected chi connectivity index (χ0v) is 7.91. The fourth-order valence-electron chi connectivity index (χ4n) is 3.29. The molecule has 1 aliphatic heterocycles. The van der Waals surface area contributed by atoms with E-state index < -0.39 is 11.9 Å². The highest BCUT2D eigenvalue weighted by molar-refractivity contribution is 6.09. The maximum absolute atomic E-state index is 11.4. The van der Waals surface area contributed by atoms with E-state index in [2.05, 4.69) is 4.74 Å². The van der Waals surface area contributed by atoms with E-state index in [-0.39, 0.29) is 5.41 Å². The van der Waals surface area contributed by atoms with Crippen LogP contribution in [0.5, 0.6) is 0 Å². The van der Waals surface area contributed by atoms with Crippen LogP contribution in [0.2, 0.25) is 0 Å². The third kappa shape index (κ3) is 0.925. The Hall–Kier alpha value is -1.12. The van der Waals surface area contributed by atoms with Crippen LogP contribution in [0.3, 0.4) is 0 Å². The van der Waals surface area contributed by atoms with Crippen molar-refractivity contribution in [2.24, 2.45) is 11.3 Å². The van der Waals surface area contributed by atoms with E-state index in [1.54, 1.807) is 0 Å². The molecule has 0 radical (unpaired) electrons. The summed E-state index contributed by atoms with van der Waals surface area (Å²) >= 11 is 0. The van der Waals surface area contributed by atoms with Crippen LogP contribution in [-0.2, 0) is 14.3 Å². The van der Waals surface area contributed by atoms with E-state index in [0.29, 0.717) is 5.57 Å². The molecule has 74 valence electrons. The van der Waals surface area contributed by atoms with Gasteiger partial charge in [-0.05, 0) is 38.0 Å². The van der Waals surface area contributed by atoms with Crippen molar-refractivity contribution in [1.82, 2.24) is 0 Å². The molecule has 0 N–H and O–H groups in total. The largest absolute Gasteiger partial charge is 0.386 e. The van der Waals surface area contributed by atoms with Gasteiger partial charge >= 0.3 is 11.9 Å². The van der Waals surface area contributed by atoms with Gasteiger partial charge in [0, 0.05) is 11.5 Å². The Kier molecular flexibility index (Phi) is 1.45. The molecule has 0 amide bonds. The lowest BCUT2D eigenvalue weighted by Crippen LogP contribution is -2.21. The third-order valence-corrected chi connectivity index (χ3v) is 3.99. The molecule has 0 spiro atoms. The number of hydrogen-bond acceptors (Lipinski definition) is 3. The van der Waals surface area contributed by atoms with Crippen molar-refractivity contribution in [1.29, 1.82) is 0 Å². The first-order valence-corrected chi connectivity index (χ1v) is 5.18. The van der Waals surface area contributed by atoms with E-state index >= 15 is 0 Å². The summed E-state index contributed by atoms with van der Waals surface area (Å²) in [7, 11) is 0. The minimum Gasteiger partial charge on any atom is -0.386 e. The van der Waals surface area contributed by atoms with Gasteiger partial charge in [0.2, 0.25) is 0 Å². The van der Waals surface area contributed by atoms with Gasteiger partial charge in [0.25, 0.3) is 0 Å². The van der Waals surface area contributed by atoms with Gasteiger partial charge in [0.1, 0.15) is 0 Å². The Balaban J connectivity index is 1.99. The van der Waals surface area contributed by atoms with Gasteiger partial charge in [-0.2, -0.15) is 0 Å². The fraction of sp³-hybridized carbons (Fsp3) is 0.636. The predicted octanol–water partition coefficient (Wildman–Crippen LogP) is 1.58. The molecule has 2 aliphatic carbocycles. The lowest BCUT2D eigenvalue weighted by molar-refractivity contribution is -0.151. The molecule has 0 saturated heterocycles. The summed E-state index contributed by atoms with van der Waals surface area (Å²) in [5, 5.41) is 0. The van der Waals surface area contributed by atoms with Crippen molar-refractivity contribution in [3.05, 3.63) is 11.6 Å². The molecule has 3 rings (SSSR count). The van der Waals surface area contributed by atoms with E-state index in [0.717, 1.165) is 25.2 Å². The van der Waals surface area contributed by atoms with E-state index in [9.17, 15) is 9.59 Å². The number of fused-ring (bicyclic) bond motifs is 2. The molecule has 0 unspecified atom stereocenters. The highest BCUT2D eigenvalue weighted by atomic mass is 16.6. The van der Waals surface area contributed by atoms with Crippen molar-refractivity contribution >= 4 is 11.9 Å². The van der Waals surface area contributed by atoms with Crippen molar-refractivity contribution in [2.75, 3.05) is 0 Å². The highest BCUT2D eigenvalue weighted by Crippen LogP contribution is 2.58. The molecule has 3 nitrogen and oxygen atoms in total. The van der Waals surface area contributed by atoms with Gasteiger partial charge < -0.3 is 4.74 Å².